The van der Waals surface area contributed by atoms with Crippen LogP contribution >= 0.6 is 0 Å². The van der Waals surface area contributed by atoms with Crippen molar-refractivity contribution >= 4 is 0 Å². The van der Waals surface area contributed by atoms with Crippen molar-refractivity contribution in [2.24, 2.45) is 0 Å². The van der Waals surface area contributed by atoms with E-state index < -0.39 is 0 Å². The van der Waals surface area contributed by atoms with Crippen molar-refractivity contribution < 1.29 is 9.84 Å². The molecule has 0 fully saturated rings. The maximum absolute atomic E-state index is 9.73. The quantitative estimate of drug-likeness (QED) is 0.504. The molecule has 1 aromatic carbocycles. The lowest BCUT2D eigenvalue weighted by Crippen LogP contribution is -1.99. The lowest BCUT2D eigenvalue weighted by molar-refractivity contribution is 0.173. The Hall–Kier alpha value is -1.02. The first-order chi connectivity index (χ1) is 10.3. The van der Waals surface area contributed by atoms with Gasteiger partial charge in [-0.3, -0.25) is 0 Å². The monoisotopic (exact) mass is 292 g/mol. The number of aliphatic hydroxyl groups excluding tert-OH is 1. The van der Waals surface area contributed by atoms with Crippen LogP contribution in [0.4, 0.5) is 0 Å². The molecule has 0 saturated carbocycles. The van der Waals surface area contributed by atoms with E-state index in [2.05, 4.69) is 6.92 Å². The van der Waals surface area contributed by atoms with E-state index in [1.54, 1.807) is 0 Å². The molecule has 0 saturated heterocycles. The maximum atomic E-state index is 9.73. The average Bonchev–Trinajstić information content (AvgIpc) is 2.53. The van der Waals surface area contributed by atoms with Gasteiger partial charge in [0.25, 0.3) is 0 Å². The third-order valence-electron chi connectivity index (χ3n) is 3.92. The zero-order chi connectivity index (χ0) is 15.3. The molecule has 1 rings (SSSR count). The van der Waals surface area contributed by atoms with Gasteiger partial charge < -0.3 is 9.84 Å². The van der Waals surface area contributed by atoms with Crippen molar-refractivity contribution in [1.29, 1.82) is 0 Å². The lowest BCUT2D eigenvalue weighted by atomic mass is 10.1. The molecule has 0 spiro atoms. The van der Waals surface area contributed by atoms with Crippen molar-refractivity contribution in [2.75, 3.05) is 6.61 Å². The molecular weight excluding hydrogens is 260 g/mol. The molecule has 0 unspecified atom stereocenters. The van der Waals surface area contributed by atoms with Crippen molar-refractivity contribution in [1.82, 2.24) is 0 Å². The van der Waals surface area contributed by atoms with Gasteiger partial charge in [0.2, 0.25) is 0 Å². The molecule has 0 aromatic heterocycles. The number of hydrogen-bond acceptors (Lipinski definition) is 2. The van der Waals surface area contributed by atoms with Crippen LogP contribution < -0.4 is 4.74 Å². The normalized spacial score (nSPS) is 12.3. The summed E-state index contributed by atoms with van der Waals surface area (Å²) >= 11 is 0. The SMILES string of the molecule is CCCCCCCCCCOc1ccc([C@@H](O)CC)cc1. The molecule has 1 aromatic rings. The van der Waals surface area contributed by atoms with Crippen LogP contribution in [0, 0.1) is 0 Å². The van der Waals surface area contributed by atoms with E-state index in [0.29, 0.717) is 0 Å². The molecule has 0 radical (unpaired) electrons. The molecule has 1 N–H and O–H groups in total. The predicted molar refractivity (Wildman–Crippen MR) is 89.8 cm³/mol. The number of aliphatic hydroxyl groups is 1. The number of hydrogen-bond donors (Lipinski definition) is 1. The van der Waals surface area contributed by atoms with Crippen molar-refractivity contribution in [3.63, 3.8) is 0 Å². The van der Waals surface area contributed by atoms with Gasteiger partial charge in [-0.25, -0.2) is 0 Å². The minimum absolute atomic E-state index is 0.355. The second kappa shape index (κ2) is 11.6. The van der Waals surface area contributed by atoms with E-state index in [1.165, 1.54) is 44.9 Å². The molecule has 0 aliphatic heterocycles. The van der Waals surface area contributed by atoms with Crippen LogP contribution in [0.5, 0.6) is 5.75 Å². The summed E-state index contributed by atoms with van der Waals surface area (Å²) in [5.74, 6) is 0.907. The minimum Gasteiger partial charge on any atom is -0.494 e. The number of benzene rings is 1. The topological polar surface area (TPSA) is 29.5 Å². The fraction of sp³-hybridized carbons (Fsp3) is 0.684. The summed E-state index contributed by atoms with van der Waals surface area (Å²) in [6, 6.07) is 7.83. The Bertz CT molecular complexity index is 345. The molecule has 2 heteroatoms. The standard InChI is InChI=1S/C19H32O2/c1-3-5-6-7-8-9-10-11-16-21-18-14-12-17(13-15-18)19(20)4-2/h12-15,19-20H,3-11,16H2,1-2H3/t19-/m0/s1. The highest BCUT2D eigenvalue weighted by molar-refractivity contribution is 5.28. The first-order valence-electron chi connectivity index (χ1n) is 8.68. The van der Waals surface area contributed by atoms with Gasteiger partial charge in [0.1, 0.15) is 5.75 Å². The Labute approximate surface area is 130 Å². The second-order valence-electron chi connectivity index (χ2n) is 5.82. The van der Waals surface area contributed by atoms with Gasteiger partial charge in [-0.05, 0) is 30.5 Å². The molecule has 0 aliphatic rings. The van der Waals surface area contributed by atoms with E-state index in [4.69, 9.17) is 4.74 Å². The van der Waals surface area contributed by atoms with Gasteiger partial charge in [-0.15, -0.1) is 0 Å². The summed E-state index contributed by atoms with van der Waals surface area (Å²) in [5, 5.41) is 9.73. The Morgan fingerprint density at radius 1 is 0.857 bits per heavy atom. The second-order valence-corrected chi connectivity index (χ2v) is 5.82. The fourth-order valence-corrected chi connectivity index (χ4v) is 2.45. The van der Waals surface area contributed by atoms with Crippen molar-refractivity contribution in [3.05, 3.63) is 29.8 Å². The highest BCUT2D eigenvalue weighted by Gasteiger charge is 2.04. The minimum atomic E-state index is -0.355. The van der Waals surface area contributed by atoms with Gasteiger partial charge in [0.05, 0.1) is 12.7 Å². The van der Waals surface area contributed by atoms with Crippen LogP contribution in [0.2, 0.25) is 0 Å². The first-order valence-corrected chi connectivity index (χ1v) is 8.68. The molecule has 120 valence electrons. The summed E-state index contributed by atoms with van der Waals surface area (Å²) < 4.78 is 5.74. The van der Waals surface area contributed by atoms with Gasteiger partial charge in [0, 0.05) is 0 Å². The van der Waals surface area contributed by atoms with Crippen LogP contribution in [0.3, 0.4) is 0 Å². The van der Waals surface area contributed by atoms with Crippen LogP contribution in [0.1, 0.15) is 83.3 Å². The number of unbranched alkanes of at least 4 members (excludes halogenated alkanes) is 7. The molecule has 1 atom stereocenters. The highest BCUT2D eigenvalue weighted by Crippen LogP contribution is 2.20. The van der Waals surface area contributed by atoms with Crippen molar-refractivity contribution in [3.8, 4) is 5.75 Å². The summed E-state index contributed by atoms with van der Waals surface area (Å²) in [5.41, 5.74) is 0.969. The average molecular weight is 292 g/mol. The van der Waals surface area contributed by atoms with Crippen LogP contribution in [0.15, 0.2) is 24.3 Å². The molecular formula is C19H32O2. The molecule has 2 nitrogen and oxygen atoms in total. The Kier molecular flexibility index (Phi) is 9.98. The lowest BCUT2D eigenvalue weighted by Gasteiger charge is -2.10. The van der Waals surface area contributed by atoms with Crippen LogP contribution in [-0.4, -0.2) is 11.7 Å². The Morgan fingerprint density at radius 2 is 1.43 bits per heavy atom. The van der Waals surface area contributed by atoms with Gasteiger partial charge in [-0.2, -0.15) is 0 Å². The summed E-state index contributed by atoms with van der Waals surface area (Å²) in [6.45, 7) is 5.04. The fourth-order valence-electron chi connectivity index (χ4n) is 2.45. The van der Waals surface area contributed by atoms with E-state index in [9.17, 15) is 5.11 Å². The smallest absolute Gasteiger partial charge is 0.119 e. The Balaban J connectivity index is 2.05. The van der Waals surface area contributed by atoms with Crippen molar-refractivity contribution in [2.45, 2.75) is 77.7 Å². The molecule has 0 aliphatic carbocycles. The van der Waals surface area contributed by atoms with E-state index in [-0.39, 0.29) is 6.10 Å². The molecule has 0 heterocycles. The zero-order valence-electron chi connectivity index (χ0n) is 13.8. The number of ether oxygens (including phenoxy) is 1. The number of rotatable bonds is 12. The first kappa shape index (κ1) is 18.0. The summed E-state index contributed by atoms with van der Waals surface area (Å²) in [6.07, 6.45) is 11.0. The van der Waals surface area contributed by atoms with E-state index in [1.807, 2.05) is 31.2 Å². The molecule has 21 heavy (non-hydrogen) atoms. The Morgan fingerprint density at radius 3 is 2.00 bits per heavy atom. The molecule has 0 amide bonds. The maximum Gasteiger partial charge on any atom is 0.119 e. The van der Waals surface area contributed by atoms with Crippen LogP contribution in [0.25, 0.3) is 0 Å². The van der Waals surface area contributed by atoms with Gasteiger partial charge >= 0.3 is 0 Å². The largest absolute Gasteiger partial charge is 0.494 e. The van der Waals surface area contributed by atoms with E-state index in [0.717, 1.165) is 30.8 Å². The van der Waals surface area contributed by atoms with Gasteiger partial charge in [0.15, 0.2) is 0 Å². The van der Waals surface area contributed by atoms with Gasteiger partial charge in [-0.1, -0.05) is 70.9 Å². The predicted octanol–water partition coefficient (Wildman–Crippen LogP) is 5.65. The summed E-state index contributed by atoms with van der Waals surface area (Å²) in [7, 11) is 0. The molecule has 0 bridgehead atoms. The van der Waals surface area contributed by atoms with E-state index >= 15 is 0 Å². The van der Waals surface area contributed by atoms with Crippen LogP contribution in [-0.2, 0) is 0 Å². The third kappa shape index (κ3) is 8.11. The zero-order valence-corrected chi connectivity index (χ0v) is 13.8. The summed E-state index contributed by atoms with van der Waals surface area (Å²) in [4.78, 5) is 0. The third-order valence-corrected chi connectivity index (χ3v) is 3.92. The highest BCUT2D eigenvalue weighted by atomic mass is 16.5.